The summed E-state index contributed by atoms with van der Waals surface area (Å²) in [5.74, 6) is 0.327. The zero-order chi connectivity index (χ0) is 9.14. The Hall–Kier alpha value is -1.05. The van der Waals surface area contributed by atoms with Gasteiger partial charge in [0, 0.05) is 0 Å². The van der Waals surface area contributed by atoms with Crippen molar-refractivity contribution in [2.45, 2.75) is 13.3 Å². The first-order valence-corrected chi connectivity index (χ1v) is 4.09. The molecule has 0 spiro atoms. The van der Waals surface area contributed by atoms with Crippen LogP contribution in [0.1, 0.15) is 13.3 Å². The van der Waals surface area contributed by atoms with Crippen molar-refractivity contribution in [2.75, 3.05) is 6.61 Å². The third-order valence-corrected chi connectivity index (χ3v) is 2.07. The molecule has 66 valence electrons. The van der Waals surface area contributed by atoms with Gasteiger partial charge in [-0.2, -0.15) is 0 Å². The van der Waals surface area contributed by atoms with E-state index in [1.54, 1.807) is 6.08 Å². The first kappa shape index (κ1) is 9.04. The van der Waals surface area contributed by atoms with E-state index in [0.29, 0.717) is 12.5 Å². The van der Waals surface area contributed by atoms with Crippen molar-refractivity contribution in [2.24, 2.45) is 11.8 Å². The molecule has 0 heterocycles. The molecule has 1 saturated carbocycles. The summed E-state index contributed by atoms with van der Waals surface area (Å²) >= 11 is 0. The number of hydrogen-bond acceptors (Lipinski definition) is 2. The number of hydrogen-bond donors (Lipinski definition) is 0. The number of ether oxygens (including phenoxy) is 1. The highest BCUT2D eigenvalue weighted by Crippen LogP contribution is 2.43. The highest BCUT2D eigenvalue weighted by atomic mass is 16.5. The number of allylic oxidation sites excluding steroid dienone is 1. The summed E-state index contributed by atoms with van der Waals surface area (Å²) in [6.07, 6.45) is 2.49. The fraction of sp³-hybridized carbons (Fsp3) is 0.500. The molecule has 1 aliphatic carbocycles. The Kier molecular flexibility index (Phi) is 2.69. The molecule has 0 saturated heterocycles. The molecular weight excluding hydrogens is 152 g/mol. The van der Waals surface area contributed by atoms with Gasteiger partial charge in [-0.25, -0.2) is 0 Å². The molecule has 0 aromatic carbocycles. The number of carbonyl (C=O) groups excluding carboxylic acids is 1. The smallest absolute Gasteiger partial charge is 0.309 e. The van der Waals surface area contributed by atoms with Gasteiger partial charge in [0.05, 0.1) is 5.92 Å². The quantitative estimate of drug-likeness (QED) is 0.471. The molecular formula is C10H14O2. The molecule has 0 amide bonds. The van der Waals surface area contributed by atoms with Gasteiger partial charge in [0.1, 0.15) is 6.61 Å². The summed E-state index contributed by atoms with van der Waals surface area (Å²) in [7, 11) is 0. The van der Waals surface area contributed by atoms with Crippen molar-refractivity contribution < 1.29 is 9.53 Å². The summed E-state index contributed by atoms with van der Waals surface area (Å²) in [5.41, 5.74) is 1.08. The van der Waals surface area contributed by atoms with Gasteiger partial charge in [-0.15, -0.1) is 0 Å². The van der Waals surface area contributed by atoms with Gasteiger partial charge in [-0.05, 0) is 19.3 Å². The fourth-order valence-corrected chi connectivity index (χ4v) is 1.25. The molecule has 2 unspecified atom stereocenters. The molecule has 1 fully saturated rings. The van der Waals surface area contributed by atoms with Crippen molar-refractivity contribution in [3.8, 4) is 0 Å². The van der Waals surface area contributed by atoms with Crippen LogP contribution in [0.5, 0.6) is 0 Å². The second-order valence-corrected chi connectivity index (χ2v) is 3.21. The van der Waals surface area contributed by atoms with Gasteiger partial charge in [0.25, 0.3) is 0 Å². The molecule has 0 radical (unpaired) electrons. The Morgan fingerprint density at radius 1 is 1.67 bits per heavy atom. The zero-order valence-electron chi connectivity index (χ0n) is 7.38. The Labute approximate surface area is 72.9 Å². The molecule has 2 heteroatoms. The number of rotatable bonds is 4. The molecule has 0 aromatic heterocycles. The largest absolute Gasteiger partial charge is 0.461 e. The lowest BCUT2D eigenvalue weighted by atomic mass is 10.2. The lowest BCUT2D eigenvalue weighted by molar-refractivity contribution is -0.144. The second-order valence-electron chi connectivity index (χ2n) is 3.21. The van der Waals surface area contributed by atoms with E-state index < -0.39 is 0 Å². The highest BCUT2D eigenvalue weighted by Gasteiger charge is 2.44. The summed E-state index contributed by atoms with van der Waals surface area (Å²) < 4.78 is 4.90. The number of carbonyl (C=O) groups is 1. The molecule has 12 heavy (non-hydrogen) atoms. The standard InChI is InChI=1S/C10H14O2/c1-4-5-12-10(11)9-6-8(9)7(2)3/h4,8-9H,1-2,5-6H2,3H3. The third-order valence-electron chi connectivity index (χ3n) is 2.07. The van der Waals surface area contributed by atoms with Crippen LogP contribution in [0.25, 0.3) is 0 Å². The molecule has 2 atom stereocenters. The van der Waals surface area contributed by atoms with Crippen LogP contribution in [-0.4, -0.2) is 12.6 Å². The zero-order valence-corrected chi connectivity index (χ0v) is 7.38. The number of esters is 1. The molecule has 0 N–H and O–H groups in total. The summed E-state index contributed by atoms with van der Waals surface area (Å²) in [5, 5.41) is 0. The van der Waals surface area contributed by atoms with Gasteiger partial charge in [0.2, 0.25) is 0 Å². The van der Waals surface area contributed by atoms with Gasteiger partial charge in [0.15, 0.2) is 0 Å². The lowest BCUT2D eigenvalue weighted by Gasteiger charge is -1.99. The molecule has 0 aromatic rings. The SMILES string of the molecule is C=CCOC(=O)C1CC1C(=C)C. The maximum absolute atomic E-state index is 11.2. The van der Waals surface area contributed by atoms with Crippen LogP contribution in [0.4, 0.5) is 0 Å². The molecule has 2 nitrogen and oxygen atoms in total. The maximum Gasteiger partial charge on any atom is 0.309 e. The van der Waals surface area contributed by atoms with Crippen LogP contribution in [0, 0.1) is 11.8 Å². The van der Waals surface area contributed by atoms with Crippen LogP contribution in [0.2, 0.25) is 0 Å². The third kappa shape index (κ3) is 1.97. The van der Waals surface area contributed by atoms with E-state index in [-0.39, 0.29) is 11.9 Å². The van der Waals surface area contributed by atoms with Crippen LogP contribution in [0.15, 0.2) is 24.8 Å². The highest BCUT2D eigenvalue weighted by molar-refractivity contribution is 5.76. The summed E-state index contributed by atoms with van der Waals surface area (Å²) in [4.78, 5) is 11.2. The second kappa shape index (κ2) is 3.57. The minimum atomic E-state index is -0.108. The van der Waals surface area contributed by atoms with E-state index >= 15 is 0 Å². The Bertz CT molecular complexity index is 218. The van der Waals surface area contributed by atoms with Crippen LogP contribution >= 0.6 is 0 Å². The van der Waals surface area contributed by atoms with Crippen molar-refractivity contribution in [1.82, 2.24) is 0 Å². The topological polar surface area (TPSA) is 26.3 Å². The van der Waals surface area contributed by atoms with Crippen LogP contribution in [0.3, 0.4) is 0 Å². The van der Waals surface area contributed by atoms with Crippen molar-refractivity contribution in [1.29, 1.82) is 0 Å². The normalized spacial score (nSPS) is 26.1. The van der Waals surface area contributed by atoms with Crippen LogP contribution in [-0.2, 0) is 9.53 Å². The molecule has 0 aliphatic heterocycles. The predicted octanol–water partition coefficient (Wildman–Crippen LogP) is 1.93. The van der Waals surface area contributed by atoms with Gasteiger partial charge < -0.3 is 4.74 Å². The van der Waals surface area contributed by atoms with E-state index in [0.717, 1.165) is 12.0 Å². The molecule has 1 aliphatic rings. The summed E-state index contributed by atoms with van der Waals surface area (Å²) in [6, 6.07) is 0. The monoisotopic (exact) mass is 166 g/mol. The predicted molar refractivity (Wildman–Crippen MR) is 47.6 cm³/mol. The lowest BCUT2D eigenvalue weighted by Crippen LogP contribution is -2.08. The van der Waals surface area contributed by atoms with Gasteiger partial charge >= 0.3 is 5.97 Å². The average molecular weight is 166 g/mol. The fourth-order valence-electron chi connectivity index (χ4n) is 1.25. The summed E-state index contributed by atoms with van der Waals surface area (Å²) in [6.45, 7) is 9.54. The Balaban J connectivity index is 2.28. The van der Waals surface area contributed by atoms with E-state index in [4.69, 9.17) is 4.74 Å². The van der Waals surface area contributed by atoms with E-state index in [1.807, 2.05) is 6.92 Å². The Morgan fingerprint density at radius 3 is 2.75 bits per heavy atom. The van der Waals surface area contributed by atoms with Gasteiger partial charge in [-0.1, -0.05) is 24.8 Å². The first-order chi connectivity index (χ1) is 5.66. The molecule has 1 rings (SSSR count). The Morgan fingerprint density at radius 2 is 2.33 bits per heavy atom. The van der Waals surface area contributed by atoms with Crippen molar-refractivity contribution >= 4 is 5.97 Å². The minimum absolute atomic E-state index is 0.0717. The van der Waals surface area contributed by atoms with Crippen LogP contribution < -0.4 is 0 Å². The van der Waals surface area contributed by atoms with E-state index in [1.165, 1.54) is 0 Å². The first-order valence-electron chi connectivity index (χ1n) is 4.09. The van der Waals surface area contributed by atoms with Crippen molar-refractivity contribution in [3.63, 3.8) is 0 Å². The maximum atomic E-state index is 11.2. The average Bonchev–Trinajstić information content (AvgIpc) is 2.78. The van der Waals surface area contributed by atoms with E-state index in [9.17, 15) is 4.79 Å². The van der Waals surface area contributed by atoms with E-state index in [2.05, 4.69) is 13.2 Å². The minimum Gasteiger partial charge on any atom is -0.461 e. The van der Waals surface area contributed by atoms with Crippen molar-refractivity contribution in [3.05, 3.63) is 24.8 Å². The van der Waals surface area contributed by atoms with Gasteiger partial charge in [-0.3, -0.25) is 4.79 Å². The molecule has 0 bridgehead atoms.